The number of aromatic nitrogens is 1. The van der Waals surface area contributed by atoms with Gasteiger partial charge in [0.1, 0.15) is 6.10 Å². The first-order valence-corrected chi connectivity index (χ1v) is 11.4. The summed E-state index contributed by atoms with van der Waals surface area (Å²) in [4.78, 5) is 42.0. The molecule has 0 N–H and O–H groups in total. The lowest BCUT2D eigenvalue weighted by molar-refractivity contribution is -0.140. The molecular formula is C28H27NO8. The zero-order chi connectivity index (χ0) is 26.6. The van der Waals surface area contributed by atoms with Crippen LogP contribution in [0.2, 0.25) is 0 Å². The molecule has 3 aromatic rings. The van der Waals surface area contributed by atoms with E-state index < -0.39 is 36.9 Å². The van der Waals surface area contributed by atoms with Gasteiger partial charge in [-0.15, -0.1) is 6.58 Å². The molecule has 37 heavy (non-hydrogen) atoms. The van der Waals surface area contributed by atoms with Gasteiger partial charge in [0.25, 0.3) is 0 Å². The number of carbonyl (C=O) groups excluding carboxylic acids is 3. The quantitative estimate of drug-likeness (QED) is 0.202. The van der Waals surface area contributed by atoms with Crippen LogP contribution in [0.15, 0.2) is 79.6 Å². The summed E-state index contributed by atoms with van der Waals surface area (Å²) >= 11 is 0. The minimum Gasteiger partial charge on any atom is -0.493 e. The smallest absolute Gasteiger partial charge is 0.340 e. The summed E-state index contributed by atoms with van der Waals surface area (Å²) in [6.45, 7) is 3.70. The second-order valence-electron chi connectivity index (χ2n) is 7.75. The summed E-state index contributed by atoms with van der Waals surface area (Å²) in [6.07, 6.45) is 3.19. The van der Waals surface area contributed by atoms with Crippen LogP contribution in [0.25, 0.3) is 0 Å². The highest BCUT2D eigenvalue weighted by molar-refractivity contribution is 5.89. The highest BCUT2D eigenvalue weighted by Crippen LogP contribution is 2.29. The predicted molar refractivity (Wildman–Crippen MR) is 134 cm³/mol. The lowest BCUT2D eigenvalue weighted by Gasteiger charge is -2.18. The van der Waals surface area contributed by atoms with Crippen LogP contribution in [0, 0.1) is 0 Å². The molecule has 9 nitrogen and oxygen atoms in total. The fraction of sp³-hybridized carbons (Fsp3) is 0.214. The molecule has 9 heteroatoms. The van der Waals surface area contributed by atoms with E-state index in [4.69, 9.17) is 23.7 Å². The Bertz CT molecular complexity index is 1240. The van der Waals surface area contributed by atoms with Crippen LogP contribution in [0.4, 0.5) is 0 Å². The van der Waals surface area contributed by atoms with Gasteiger partial charge in [0.15, 0.2) is 23.0 Å². The fourth-order valence-electron chi connectivity index (χ4n) is 3.35. The maximum absolute atomic E-state index is 12.8. The van der Waals surface area contributed by atoms with Gasteiger partial charge in [-0.05, 0) is 48.4 Å². The Balaban J connectivity index is 1.74. The second kappa shape index (κ2) is 13.4. The van der Waals surface area contributed by atoms with E-state index in [9.17, 15) is 14.4 Å². The second-order valence-corrected chi connectivity index (χ2v) is 7.75. The molecule has 1 unspecified atom stereocenters. The van der Waals surface area contributed by atoms with Crippen LogP contribution in [0.1, 0.15) is 28.8 Å². The number of methoxy groups -OCH3 is 2. The molecule has 1 heterocycles. The number of pyridine rings is 1. The van der Waals surface area contributed by atoms with Gasteiger partial charge in [0, 0.05) is 12.4 Å². The Hall–Kier alpha value is -4.66. The highest BCUT2D eigenvalue weighted by atomic mass is 16.6. The average Bonchev–Trinajstić information content (AvgIpc) is 2.90. The maximum atomic E-state index is 12.8. The molecule has 0 aliphatic carbocycles. The van der Waals surface area contributed by atoms with E-state index >= 15 is 0 Å². The third kappa shape index (κ3) is 7.93. The molecule has 0 aliphatic heterocycles. The lowest BCUT2D eigenvalue weighted by Crippen LogP contribution is -2.28. The fourth-order valence-corrected chi connectivity index (χ4v) is 3.35. The van der Waals surface area contributed by atoms with E-state index in [2.05, 4.69) is 11.6 Å². The lowest BCUT2D eigenvalue weighted by atomic mass is 10.1. The van der Waals surface area contributed by atoms with Crippen LogP contribution >= 0.6 is 0 Å². The molecule has 0 bridgehead atoms. The van der Waals surface area contributed by atoms with Crippen molar-refractivity contribution in [2.24, 2.45) is 0 Å². The van der Waals surface area contributed by atoms with Crippen molar-refractivity contribution in [3.05, 3.63) is 90.8 Å². The van der Waals surface area contributed by atoms with Crippen molar-refractivity contribution in [3.8, 4) is 23.0 Å². The van der Waals surface area contributed by atoms with Crippen molar-refractivity contribution in [1.29, 1.82) is 0 Å². The number of allylic oxidation sites excluding steroid dienone is 1. The summed E-state index contributed by atoms with van der Waals surface area (Å²) in [5.41, 5.74) is 1.09. The molecule has 0 saturated carbocycles. The van der Waals surface area contributed by atoms with Crippen LogP contribution in [0.3, 0.4) is 0 Å². The summed E-state index contributed by atoms with van der Waals surface area (Å²) in [7, 11) is 2.90. The van der Waals surface area contributed by atoms with Gasteiger partial charge >= 0.3 is 17.9 Å². The van der Waals surface area contributed by atoms with Gasteiger partial charge in [-0.25, -0.2) is 4.79 Å². The first-order chi connectivity index (χ1) is 17.9. The molecule has 0 spiro atoms. The largest absolute Gasteiger partial charge is 0.493 e. The van der Waals surface area contributed by atoms with Crippen molar-refractivity contribution >= 4 is 17.9 Å². The molecule has 1 aromatic heterocycles. The Morgan fingerprint density at radius 2 is 1.51 bits per heavy atom. The van der Waals surface area contributed by atoms with Crippen LogP contribution in [0.5, 0.6) is 23.0 Å². The summed E-state index contributed by atoms with van der Waals surface area (Å²) < 4.78 is 26.8. The normalized spacial score (nSPS) is 11.1. The molecular weight excluding hydrogens is 478 g/mol. The zero-order valence-electron chi connectivity index (χ0n) is 20.5. The number of carbonyl (C=O) groups is 3. The molecule has 0 aliphatic rings. The first kappa shape index (κ1) is 26.9. The number of ether oxygens (including phenoxy) is 5. The average molecular weight is 506 g/mol. The number of hydrogen-bond donors (Lipinski definition) is 0. The molecule has 0 amide bonds. The van der Waals surface area contributed by atoms with Gasteiger partial charge in [0.05, 0.1) is 32.6 Å². The number of para-hydroxylation sites is 2. The molecule has 2 aromatic carbocycles. The number of nitrogens with zero attached hydrogens (tertiary/aromatic N) is 1. The van der Waals surface area contributed by atoms with Crippen LogP contribution in [-0.2, 0) is 20.7 Å². The minimum atomic E-state index is -1.17. The molecule has 0 fully saturated rings. The van der Waals surface area contributed by atoms with E-state index in [1.54, 1.807) is 54.6 Å². The number of hydrogen-bond acceptors (Lipinski definition) is 9. The number of rotatable bonds is 12. The Morgan fingerprint density at radius 3 is 2.11 bits per heavy atom. The molecule has 0 saturated heterocycles. The monoisotopic (exact) mass is 505 g/mol. The van der Waals surface area contributed by atoms with Crippen molar-refractivity contribution in [1.82, 2.24) is 4.98 Å². The van der Waals surface area contributed by atoms with Crippen molar-refractivity contribution in [3.63, 3.8) is 0 Å². The van der Waals surface area contributed by atoms with Crippen molar-refractivity contribution in [2.45, 2.75) is 25.4 Å². The topological polar surface area (TPSA) is 110 Å². The van der Waals surface area contributed by atoms with Crippen LogP contribution in [-0.4, -0.2) is 43.2 Å². The molecule has 192 valence electrons. The molecule has 0 radical (unpaired) electrons. The third-order valence-electron chi connectivity index (χ3n) is 5.08. The Labute approximate surface area is 214 Å². The van der Waals surface area contributed by atoms with E-state index in [-0.39, 0.29) is 17.1 Å². The summed E-state index contributed by atoms with van der Waals surface area (Å²) in [6, 6.07) is 14.8. The number of esters is 3. The van der Waals surface area contributed by atoms with Gasteiger partial charge in [0.2, 0.25) is 0 Å². The zero-order valence-corrected chi connectivity index (χ0v) is 20.5. The van der Waals surface area contributed by atoms with Gasteiger partial charge in [-0.2, -0.15) is 0 Å². The SMILES string of the molecule is C=CCc1ccc(OC(=O)CC(CC(=O)Oc2ccccc2OC)OC(=O)c2cccnc2)c(OC)c1. The van der Waals surface area contributed by atoms with Crippen LogP contribution < -0.4 is 18.9 Å². The Kier molecular flexibility index (Phi) is 9.78. The Morgan fingerprint density at radius 1 is 0.865 bits per heavy atom. The standard InChI is InChI=1S/C28H27NO8/c1-4-8-19-12-13-24(25(15-19)34-3)37-27(31)17-21(35-28(32)20-9-7-14-29-18-20)16-26(30)36-23-11-6-5-10-22(23)33-2/h4-7,9-15,18,21H,1,8,16-17H2,2-3H3. The third-order valence-corrected chi connectivity index (χ3v) is 5.08. The van der Waals surface area contributed by atoms with Gasteiger partial charge in [-0.3, -0.25) is 14.6 Å². The van der Waals surface area contributed by atoms with E-state index in [0.29, 0.717) is 17.9 Å². The van der Waals surface area contributed by atoms with Crippen molar-refractivity contribution in [2.75, 3.05) is 14.2 Å². The van der Waals surface area contributed by atoms with E-state index in [1.807, 2.05) is 0 Å². The maximum Gasteiger partial charge on any atom is 0.340 e. The number of benzene rings is 2. The van der Waals surface area contributed by atoms with Crippen molar-refractivity contribution < 1.29 is 38.1 Å². The van der Waals surface area contributed by atoms with Gasteiger partial charge < -0.3 is 23.7 Å². The minimum absolute atomic E-state index is 0.165. The van der Waals surface area contributed by atoms with Gasteiger partial charge in [-0.1, -0.05) is 24.3 Å². The summed E-state index contributed by atoms with van der Waals surface area (Å²) in [5.74, 6) is -1.12. The predicted octanol–water partition coefficient (Wildman–Crippen LogP) is 4.34. The van der Waals surface area contributed by atoms with E-state index in [1.165, 1.54) is 32.7 Å². The van der Waals surface area contributed by atoms with E-state index in [0.717, 1.165) is 5.56 Å². The first-order valence-electron chi connectivity index (χ1n) is 11.4. The molecule has 1 atom stereocenters. The summed E-state index contributed by atoms with van der Waals surface area (Å²) in [5, 5.41) is 0. The molecule has 3 rings (SSSR count). The highest BCUT2D eigenvalue weighted by Gasteiger charge is 2.26.